The molecular formula is C7H17BN2. The number of hydrogen-bond donors (Lipinski definition) is 1. The molecule has 10 heavy (non-hydrogen) atoms. The van der Waals surface area contributed by atoms with E-state index >= 15 is 0 Å². The van der Waals surface area contributed by atoms with E-state index in [1.165, 1.54) is 38.8 Å². The molecule has 0 atom stereocenters. The molecule has 1 heterocycles. The molecule has 0 aromatic heterocycles. The van der Waals surface area contributed by atoms with Crippen LogP contribution in [0.25, 0.3) is 0 Å². The minimum absolute atomic E-state index is 1.07. The van der Waals surface area contributed by atoms with Crippen LogP contribution in [0.4, 0.5) is 0 Å². The van der Waals surface area contributed by atoms with Crippen LogP contribution in [0.5, 0.6) is 0 Å². The van der Waals surface area contributed by atoms with Crippen molar-refractivity contribution in [1.29, 1.82) is 0 Å². The van der Waals surface area contributed by atoms with Crippen molar-refractivity contribution in [2.45, 2.75) is 25.7 Å². The molecule has 0 aromatic carbocycles. The fraction of sp³-hybridized carbons (Fsp3) is 1.00. The molecule has 1 fully saturated rings. The molecule has 1 saturated heterocycles. The van der Waals surface area contributed by atoms with E-state index in [0.717, 1.165) is 7.55 Å². The molecule has 0 amide bonds. The van der Waals surface area contributed by atoms with Crippen molar-refractivity contribution in [3.8, 4) is 0 Å². The molecule has 0 radical (unpaired) electrons. The van der Waals surface area contributed by atoms with Gasteiger partial charge in [0, 0.05) is 0 Å². The molecule has 58 valence electrons. The fourth-order valence-corrected chi connectivity index (χ4v) is 1.52. The highest BCUT2D eigenvalue weighted by atomic mass is 15.1. The summed E-state index contributed by atoms with van der Waals surface area (Å²) in [5.41, 5.74) is 0. The maximum absolute atomic E-state index is 3.19. The van der Waals surface area contributed by atoms with Gasteiger partial charge in [-0.1, -0.05) is 12.8 Å². The Morgan fingerprint density at radius 2 is 1.70 bits per heavy atom. The van der Waals surface area contributed by atoms with Crippen molar-refractivity contribution >= 4 is 7.55 Å². The molecule has 1 aliphatic rings. The van der Waals surface area contributed by atoms with Gasteiger partial charge >= 0.3 is 0 Å². The van der Waals surface area contributed by atoms with Gasteiger partial charge in [-0.05, 0) is 33.0 Å². The van der Waals surface area contributed by atoms with E-state index in [4.69, 9.17) is 0 Å². The average molecular weight is 140 g/mol. The van der Waals surface area contributed by atoms with Crippen molar-refractivity contribution in [3.63, 3.8) is 0 Å². The summed E-state index contributed by atoms with van der Waals surface area (Å²) in [5, 5.41) is 3.19. The fourth-order valence-electron chi connectivity index (χ4n) is 1.52. The third kappa shape index (κ3) is 2.71. The van der Waals surface area contributed by atoms with Gasteiger partial charge in [-0.3, -0.25) is 0 Å². The number of rotatable bonds is 2. The molecule has 0 aromatic rings. The molecule has 0 unspecified atom stereocenters. The van der Waals surface area contributed by atoms with E-state index < -0.39 is 0 Å². The molecule has 1 rings (SSSR count). The Morgan fingerprint density at radius 1 is 1.10 bits per heavy atom. The molecular weight excluding hydrogens is 123 g/mol. The van der Waals surface area contributed by atoms with E-state index in [1.54, 1.807) is 0 Å². The van der Waals surface area contributed by atoms with Gasteiger partial charge in [-0.2, -0.15) is 0 Å². The average Bonchev–Trinajstić information content (AvgIpc) is 2.17. The second-order valence-electron chi connectivity index (χ2n) is 3.04. The van der Waals surface area contributed by atoms with E-state index in [0.29, 0.717) is 0 Å². The topological polar surface area (TPSA) is 15.3 Å². The van der Waals surface area contributed by atoms with Gasteiger partial charge in [-0.25, -0.2) is 0 Å². The van der Waals surface area contributed by atoms with Crippen LogP contribution in [0.3, 0.4) is 0 Å². The summed E-state index contributed by atoms with van der Waals surface area (Å²) < 4.78 is 0. The van der Waals surface area contributed by atoms with Crippen LogP contribution in [0, 0.1) is 0 Å². The minimum atomic E-state index is 1.07. The largest absolute Gasteiger partial charge is 0.348 e. The van der Waals surface area contributed by atoms with Crippen LogP contribution < -0.4 is 5.23 Å². The zero-order chi connectivity index (χ0) is 7.23. The Balaban J connectivity index is 2.15. The van der Waals surface area contributed by atoms with Crippen LogP contribution in [0.1, 0.15) is 25.7 Å². The highest BCUT2D eigenvalue weighted by Crippen LogP contribution is 2.07. The number of nitrogens with one attached hydrogen (secondary N) is 1. The third-order valence-electron chi connectivity index (χ3n) is 2.08. The van der Waals surface area contributed by atoms with Crippen molar-refractivity contribution in [1.82, 2.24) is 10.0 Å². The lowest BCUT2D eigenvalue weighted by Gasteiger charge is -2.16. The van der Waals surface area contributed by atoms with Gasteiger partial charge < -0.3 is 10.0 Å². The summed E-state index contributed by atoms with van der Waals surface area (Å²) in [5.74, 6) is 0. The zero-order valence-electron chi connectivity index (χ0n) is 6.90. The maximum Gasteiger partial charge on any atom is 0.288 e. The van der Waals surface area contributed by atoms with Gasteiger partial charge in [0.25, 0.3) is 7.55 Å². The van der Waals surface area contributed by atoms with Crippen molar-refractivity contribution < 1.29 is 0 Å². The smallest absolute Gasteiger partial charge is 0.288 e. The summed E-state index contributed by atoms with van der Waals surface area (Å²) >= 11 is 0. The Hall–Kier alpha value is -0.0151. The van der Waals surface area contributed by atoms with Crippen LogP contribution in [0.15, 0.2) is 0 Å². The van der Waals surface area contributed by atoms with E-state index in [9.17, 15) is 0 Å². The van der Waals surface area contributed by atoms with E-state index in [-0.39, 0.29) is 0 Å². The van der Waals surface area contributed by atoms with E-state index in [2.05, 4.69) is 10.0 Å². The summed E-state index contributed by atoms with van der Waals surface area (Å²) in [7, 11) is 3.09. The zero-order valence-corrected chi connectivity index (χ0v) is 6.90. The Morgan fingerprint density at radius 3 is 2.20 bits per heavy atom. The highest BCUT2D eigenvalue weighted by Gasteiger charge is 2.07. The second kappa shape index (κ2) is 4.75. The molecule has 1 aliphatic heterocycles. The first-order valence-electron chi connectivity index (χ1n) is 4.30. The van der Waals surface area contributed by atoms with Gasteiger partial charge in [0.2, 0.25) is 0 Å². The predicted octanol–water partition coefficient (Wildman–Crippen LogP) is 0.348. The van der Waals surface area contributed by atoms with Crippen molar-refractivity contribution in [2.24, 2.45) is 0 Å². The first-order valence-corrected chi connectivity index (χ1v) is 4.30. The van der Waals surface area contributed by atoms with Gasteiger partial charge in [-0.15, -0.1) is 0 Å². The lowest BCUT2D eigenvalue weighted by atomic mass is 10.1. The van der Waals surface area contributed by atoms with Crippen LogP contribution in [0.2, 0.25) is 0 Å². The van der Waals surface area contributed by atoms with Gasteiger partial charge in [0.1, 0.15) is 0 Å². The molecule has 0 spiro atoms. The molecule has 0 aliphatic carbocycles. The van der Waals surface area contributed by atoms with Gasteiger partial charge in [0.05, 0.1) is 0 Å². The minimum Gasteiger partial charge on any atom is -0.348 e. The highest BCUT2D eigenvalue weighted by molar-refractivity contribution is 6.28. The second-order valence-corrected chi connectivity index (χ2v) is 3.04. The van der Waals surface area contributed by atoms with E-state index in [1.807, 2.05) is 7.05 Å². The monoisotopic (exact) mass is 140 g/mol. The first-order chi connectivity index (χ1) is 4.93. The summed E-state index contributed by atoms with van der Waals surface area (Å²) in [4.78, 5) is 2.49. The number of hydrogen-bond acceptors (Lipinski definition) is 2. The summed E-state index contributed by atoms with van der Waals surface area (Å²) in [6, 6.07) is 0. The SMILES string of the molecule is CNBN1CCCCCC1. The molecule has 0 saturated carbocycles. The molecule has 0 bridgehead atoms. The summed E-state index contributed by atoms with van der Waals surface area (Å²) in [6.45, 7) is 2.58. The standard InChI is InChI=1S/C7H17BN2/c1-9-8-10-6-4-2-3-5-7-10/h8-9H,2-7H2,1H3. The lowest BCUT2D eigenvalue weighted by Crippen LogP contribution is -2.36. The molecule has 2 nitrogen and oxygen atoms in total. The maximum atomic E-state index is 3.19. The number of nitrogens with zero attached hydrogens (tertiary/aromatic N) is 1. The lowest BCUT2D eigenvalue weighted by molar-refractivity contribution is 0.455. The van der Waals surface area contributed by atoms with Crippen LogP contribution >= 0.6 is 0 Å². The van der Waals surface area contributed by atoms with Crippen LogP contribution in [-0.2, 0) is 0 Å². The first kappa shape index (κ1) is 8.09. The van der Waals surface area contributed by atoms with Crippen molar-refractivity contribution in [3.05, 3.63) is 0 Å². The van der Waals surface area contributed by atoms with Crippen LogP contribution in [-0.4, -0.2) is 32.5 Å². The normalized spacial score (nSPS) is 22.1. The quantitative estimate of drug-likeness (QED) is 0.556. The Kier molecular flexibility index (Phi) is 3.84. The predicted molar refractivity (Wildman–Crippen MR) is 46.2 cm³/mol. The van der Waals surface area contributed by atoms with Crippen molar-refractivity contribution in [2.75, 3.05) is 20.1 Å². The molecule has 1 N–H and O–H groups in total. The third-order valence-corrected chi connectivity index (χ3v) is 2.08. The Labute approximate surface area is 64.3 Å². The molecule has 3 heteroatoms. The van der Waals surface area contributed by atoms with Gasteiger partial charge in [0.15, 0.2) is 0 Å². The Bertz CT molecular complexity index is 79.7. The summed E-state index contributed by atoms with van der Waals surface area (Å²) in [6.07, 6.45) is 5.64.